The van der Waals surface area contributed by atoms with Crippen molar-refractivity contribution >= 4 is 22.5 Å². The van der Waals surface area contributed by atoms with Crippen molar-refractivity contribution in [3.05, 3.63) is 65.0 Å². The van der Waals surface area contributed by atoms with Crippen LogP contribution in [0.25, 0.3) is 10.9 Å². The van der Waals surface area contributed by atoms with Crippen LogP contribution < -0.4 is 15.5 Å². The molecule has 6 nitrogen and oxygen atoms in total. The average molecular weight is 345 g/mol. The first-order valence-electron chi connectivity index (χ1n) is 7.33. The first-order valence-corrected chi connectivity index (χ1v) is 7.33. The van der Waals surface area contributed by atoms with Gasteiger partial charge in [0.2, 0.25) is 11.3 Å². The standard InChI is InChI=1S/C17H13F2N3O3/c18-17(19)25-15-8-4-2-6-12(15)21-16(24)10-22-13-7-3-1-5-11(13)14(23)9-20-22/h1-9,17H,10H2,(H,21,24). The van der Waals surface area contributed by atoms with E-state index >= 15 is 0 Å². The molecule has 8 heteroatoms. The van der Waals surface area contributed by atoms with Gasteiger partial charge >= 0.3 is 6.61 Å². The third kappa shape index (κ3) is 3.79. The predicted octanol–water partition coefficient (Wildman–Crippen LogP) is 2.64. The Kier molecular flexibility index (Phi) is 4.69. The van der Waals surface area contributed by atoms with E-state index in [0.29, 0.717) is 10.9 Å². The molecule has 25 heavy (non-hydrogen) atoms. The zero-order valence-corrected chi connectivity index (χ0v) is 12.9. The molecule has 1 heterocycles. The quantitative estimate of drug-likeness (QED) is 0.771. The zero-order chi connectivity index (χ0) is 17.8. The first kappa shape index (κ1) is 16.6. The van der Waals surface area contributed by atoms with Crippen molar-refractivity contribution in [1.29, 1.82) is 0 Å². The van der Waals surface area contributed by atoms with Crippen LogP contribution >= 0.6 is 0 Å². The normalized spacial score (nSPS) is 10.8. The van der Waals surface area contributed by atoms with E-state index in [2.05, 4.69) is 15.2 Å². The molecule has 2 aromatic carbocycles. The van der Waals surface area contributed by atoms with Gasteiger partial charge < -0.3 is 10.1 Å². The molecule has 3 rings (SSSR count). The molecule has 1 N–H and O–H groups in total. The van der Waals surface area contributed by atoms with E-state index in [0.717, 1.165) is 6.20 Å². The van der Waals surface area contributed by atoms with Crippen molar-refractivity contribution in [3.63, 3.8) is 0 Å². The van der Waals surface area contributed by atoms with Crippen LogP contribution in [0.1, 0.15) is 0 Å². The lowest BCUT2D eigenvalue weighted by Crippen LogP contribution is -2.22. The van der Waals surface area contributed by atoms with Gasteiger partial charge in [-0.1, -0.05) is 24.3 Å². The molecule has 0 bridgehead atoms. The predicted molar refractivity (Wildman–Crippen MR) is 87.7 cm³/mol. The van der Waals surface area contributed by atoms with Crippen LogP contribution in [0.4, 0.5) is 14.5 Å². The summed E-state index contributed by atoms with van der Waals surface area (Å²) in [5.41, 5.74) is 0.378. The van der Waals surface area contributed by atoms with Crippen LogP contribution in [0.15, 0.2) is 59.5 Å². The van der Waals surface area contributed by atoms with Crippen molar-refractivity contribution in [3.8, 4) is 5.75 Å². The largest absolute Gasteiger partial charge is 0.433 e. The van der Waals surface area contributed by atoms with Crippen LogP contribution in [0.3, 0.4) is 0 Å². The van der Waals surface area contributed by atoms with Gasteiger partial charge in [-0.25, -0.2) is 0 Å². The fourth-order valence-electron chi connectivity index (χ4n) is 2.38. The molecule has 1 amide bonds. The molecule has 0 saturated heterocycles. The van der Waals surface area contributed by atoms with Crippen LogP contribution in [-0.2, 0) is 11.3 Å². The summed E-state index contributed by atoms with van der Waals surface area (Å²) >= 11 is 0. The van der Waals surface area contributed by atoms with Gasteiger partial charge in [0.1, 0.15) is 12.3 Å². The highest BCUT2D eigenvalue weighted by Crippen LogP contribution is 2.25. The number of nitrogens with zero attached hydrogens (tertiary/aromatic N) is 2. The van der Waals surface area contributed by atoms with Gasteiger partial charge in [-0.15, -0.1) is 0 Å². The topological polar surface area (TPSA) is 73.2 Å². The molecule has 0 unspecified atom stereocenters. The van der Waals surface area contributed by atoms with Gasteiger partial charge in [-0.05, 0) is 24.3 Å². The molecule has 0 atom stereocenters. The lowest BCUT2D eigenvalue weighted by atomic mass is 10.2. The van der Waals surface area contributed by atoms with E-state index in [4.69, 9.17) is 0 Å². The number of hydrogen-bond acceptors (Lipinski definition) is 4. The monoisotopic (exact) mass is 345 g/mol. The number of amides is 1. The number of carbonyl (C=O) groups excluding carboxylic acids is 1. The Balaban J connectivity index is 1.83. The number of alkyl halides is 2. The number of rotatable bonds is 5. The first-order chi connectivity index (χ1) is 12.0. The summed E-state index contributed by atoms with van der Waals surface area (Å²) in [4.78, 5) is 24.0. The number of fused-ring (bicyclic) bond motifs is 1. The van der Waals surface area contributed by atoms with E-state index in [1.807, 2.05) is 0 Å². The Morgan fingerprint density at radius 1 is 1.16 bits per heavy atom. The third-order valence-corrected chi connectivity index (χ3v) is 3.43. The minimum absolute atomic E-state index is 0.123. The SMILES string of the molecule is O=C(Cn1ncc(=O)c2ccccc21)Nc1ccccc1OC(F)F. The molecule has 0 aliphatic carbocycles. The van der Waals surface area contributed by atoms with E-state index in [1.54, 1.807) is 30.3 Å². The maximum absolute atomic E-state index is 12.4. The van der Waals surface area contributed by atoms with Crippen molar-refractivity contribution in [1.82, 2.24) is 9.78 Å². The summed E-state index contributed by atoms with van der Waals surface area (Å²) in [6.45, 7) is -3.19. The molecule has 128 valence electrons. The summed E-state index contributed by atoms with van der Waals surface area (Å²) in [7, 11) is 0. The summed E-state index contributed by atoms with van der Waals surface area (Å²) < 4.78 is 30.6. The second-order valence-electron chi connectivity index (χ2n) is 5.11. The Labute approximate surface area is 140 Å². The summed E-state index contributed by atoms with van der Waals surface area (Å²) in [6, 6.07) is 12.6. The molecular formula is C17H13F2N3O3. The summed E-state index contributed by atoms with van der Waals surface area (Å²) in [5, 5.41) is 6.90. The van der Waals surface area contributed by atoms with Gasteiger partial charge in [-0.2, -0.15) is 13.9 Å². The fraction of sp³-hybridized carbons (Fsp3) is 0.118. The van der Waals surface area contributed by atoms with Gasteiger partial charge in [0.15, 0.2) is 0 Å². The number of para-hydroxylation sites is 3. The molecule has 0 aliphatic heterocycles. The van der Waals surface area contributed by atoms with Crippen LogP contribution in [0.5, 0.6) is 5.75 Å². The Hall–Kier alpha value is -3.29. The number of carbonyl (C=O) groups is 1. The molecule has 0 aliphatic rings. The van der Waals surface area contributed by atoms with E-state index in [-0.39, 0.29) is 23.4 Å². The highest BCUT2D eigenvalue weighted by Gasteiger charge is 2.13. The number of aromatic nitrogens is 2. The van der Waals surface area contributed by atoms with Crippen molar-refractivity contribution in [2.45, 2.75) is 13.2 Å². The minimum Gasteiger partial charge on any atom is -0.433 e. The van der Waals surface area contributed by atoms with Crippen LogP contribution in [-0.4, -0.2) is 22.3 Å². The van der Waals surface area contributed by atoms with Gasteiger partial charge in [0.25, 0.3) is 0 Å². The number of anilines is 1. The van der Waals surface area contributed by atoms with E-state index in [1.165, 1.54) is 22.9 Å². The molecule has 1 aromatic heterocycles. The zero-order valence-electron chi connectivity index (χ0n) is 12.9. The highest BCUT2D eigenvalue weighted by molar-refractivity contribution is 5.93. The third-order valence-electron chi connectivity index (χ3n) is 3.43. The van der Waals surface area contributed by atoms with Gasteiger partial charge in [0.05, 0.1) is 17.4 Å². The molecule has 0 spiro atoms. The molecular weight excluding hydrogens is 332 g/mol. The van der Waals surface area contributed by atoms with Crippen LogP contribution in [0.2, 0.25) is 0 Å². The molecule has 0 saturated carbocycles. The number of halogens is 2. The van der Waals surface area contributed by atoms with E-state index < -0.39 is 12.5 Å². The number of nitrogens with one attached hydrogen (secondary N) is 1. The molecule has 0 radical (unpaired) electrons. The fourth-order valence-corrected chi connectivity index (χ4v) is 2.38. The van der Waals surface area contributed by atoms with Crippen molar-refractivity contribution in [2.75, 3.05) is 5.32 Å². The number of hydrogen-bond donors (Lipinski definition) is 1. The highest BCUT2D eigenvalue weighted by atomic mass is 19.3. The lowest BCUT2D eigenvalue weighted by Gasteiger charge is -2.13. The Bertz CT molecular complexity index is 973. The Morgan fingerprint density at radius 2 is 1.88 bits per heavy atom. The van der Waals surface area contributed by atoms with Crippen molar-refractivity contribution in [2.24, 2.45) is 0 Å². The molecule has 0 fully saturated rings. The smallest absolute Gasteiger partial charge is 0.387 e. The minimum atomic E-state index is -3.00. The lowest BCUT2D eigenvalue weighted by molar-refractivity contribution is -0.116. The number of ether oxygens (including phenoxy) is 1. The summed E-state index contributed by atoms with van der Waals surface area (Å²) in [6.07, 6.45) is 1.13. The van der Waals surface area contributed by atoms with Crippen molar-refractivity contribution < 1.29 is 18.3 Å². The number of benzene rings is 2. The molecule has 3 aromatic rings. The maximum atomic E-state index is 12.4. The van der Waals surface area contributed by atoms with Gasteiger partial charge in [0, 0.05) is 5.39 Å². The Morgan fingerprint density at radius 3 is 2.68 bits per heavy atom. The maximum Gasteiger partial charge on any atom is 0.387 e. The van der Waals surface area contributed by atoms with E-state index in [9.17, 15) is 18.4 Å². The van der Waals surface area contributed by atoms with Gasteiger partial charge in [-0.3, -0.25) is 14.3 Å². The van der Waals surface area contributed by atoms with Crippen LogP contribution in [0, 0.1) is 0 Å². The summed E-state index contributed by atoms with van der Waals surface area (Å²) in [5.74, 6) is -0.629. The second-order valence-corrected chi connectivity index (χ2v) is 5.11. The average Bonchev–Trinajstić information content (AvgIpc) is 2.59. The second kappa shape index (κ2) is 7.08.